The van der Waals surface area contributed by atoms with Crippen molar-refractivity contribution in [3.05, 3.63) is 28.8 Å². The molecule has 0 fully saturated rings. The standard InChI is InChI=1S/C12H18ClNO2/c1-3-16-8-10(15)7-14-12-5-4-9(2)6-11(12)13/h4-6,10,14-15H,3,7-8H2,1-2H3. The minimum Gasteiger partial charge on any atom is -0.389 e. The third-order valence-corrected chi connectivity index (χ3v) is 2.48. The number of aryl methyl sites for hydroxylation is 1. The van der Waals surface area contributed by atoms with Crippen molar-refractivity contribution >= 4 is 17.3 Å². The van der Waals surface area contributed by atoms with Gasteiger partial charge in [0.05, 0.1) is 23.4 Å². The number of aliphatic hydroxyl groups is 1. The van der Waals surface area contributed by atoms with E-state index in [0.717, 1.165) is 11.3 Å². The number of aliphatic hydroxyl groups excluding tert-OH is 1. The van der Waals surface area contributed by atoms with Crippen LogP contribution in [0, 0.1) is 6.92 Å². The lowest BCUT2D eigenvalue weighted by molar-refractivity contribution is 0.0496. The number of nitrogens with one attached hydrogen (secondary N) is 1. The molecular weight excluding hydrogens is 226 g/mol. The number of hydrogen-bond donors (Lipinski definition) is 2. The summed E-state index contributed by atoms with van der Waals surface area (Å²) in [6.45, 7) is 5.27. The van der Waals surface area contributed by atoms with Crippen LogP contribution < -0.4 is 5.32 Å². The van der Waals surface area contributed by atoms with Crippen LogP contribution in [0.25, 0.3) is 0 Å². The Morgan fingerprint density at radius 3 is 2.88 bits per heavy atom. The first-order valence-corrected chi connectivity index (χ1v) is 5.77. The second kappa shape index (κ2) is 6.74. The average Bonchev–Trinajstić information content (AvgIpc) is 2.25. The normalized spacial score (nSPS) is 12.5. The van der Waals surface area contributed by atoms with Gasteiger partial charge in [-0.15, -0.1) is 0 Å². The summed E-state index contributed by atoms with van der Waals surface area (Å²) < 4.78 is 5.11. The van der Waals surface area contributed by atoms with E-state index in [-0.39, 0.29) is 0 Å². The number of benzene rings is 1. The van der Waals surface area contributed by atoms with E-state index < -0.39 is 6.10 Å². The summed E-state index contributed by atoms with van der Waals surface area (Å²) in [5.41, 5.74) is 1.95. The van der Waals surface area contributed by atoms with Crippen molar-refractivity contribution in [2.24, 2.45) is 0 Å². The fraction of sp³-hybridized carbons (Fsp3) is 0.500. The zero-order chi connectivity index (χ0) is 12.0. The molecule has 0 amide bonds. The topological polar surface area (TPSA) is 41.5 Å². The molecule has 90 valence electrons. The molecule has 1 atom stereocenters. The van der Waals surface area contributed by atoms with E-state index in [2.05, 4.69) is 5.32 Å². The molecule has 3 nitrogen and oxygen atoms in total. The zero-order valence-electron chi connectivity index (χ0n) is 9.66. The van der Waals surface area contributed by atoms with Gasteiger partial charge in [0.25, 0.3) is 0 Å². The lowest BCUT2D eigenvalue weighted by Crippen LogP contribution is -2.24. The quantitative estimate of drug-likeness (QED) is 0.807. The van der Waals surface area contributed by atoms with Crippen molar-refractivity contribution in [2.45, 2.75) is 20.0 Å². The summed E-state index contributed by atoms with van der Waals surface area (Å²) in [6, 6.07) is 5.77. The van der Waals surface area contributed by atoms with Crippen molar-refractivity contribution in [3.8, 4) is 0 Å². The van der Waals surface area contributed by atoms with E-state index >= 15 is 0 Å². The highest BCUT2D eigenvalue weighted by molar-refractivity contribution is 6.33. The first-order valence-electron chi connectivity index (χ1n) is 5.39. The second-order valence-electron chi connectivity index (χ2n) is 3.68. The molecule has 1 aromatic carbocycles. The number of rotatable bonds is 6. The monoisotopic (exact) mass is 243 g/mol. The van der Waals surface area contributed by atoms with Crippen LogP contribution in [-0.2, 0) is 4.74 Å². The van der Waals surface area contributed by atoms with E-state index in [1.54, 1.807) is 0 Å². The predicted molar refractivity (Wildman–Crippen MR) is 67.2 cm³/mol. The Morgan fingerprint density at radius 2 is 2.25 bits per heavy atom. The smallest absolute Gasteiger partial charge is 0.0945 e. The summed E-state index contributed by atoms with van der Waals surface area (Å²) in [7, 11) is 0. The van der Waals surface area contributed by atoms with E-state index in [1.165, 1.54) is 0 Å². The minimum absolute atomic E-state index is 0.340. The minimum atomic E-state index is -0.516. The van der Waals surface area contributed by atoms with E-state index in [0.29, 0.717) is 24.8 Å². The Morgan fingerprint density at radius 1 is 1.50 bits per heavy atom. The van der Waals surface area contributed by atoms with Crippen LogP contribution in [0.4, 0.5) is 5.69 Å². The van der Waals surface area contributed by atoms with Gasteiger partial charge in [-0.05, 0) is 31.5 Å². The number of hydrogen-bond acceptors (Lipinski definition) is 3. The van der Waals surface area contributed by atoms with Gasteiger partial charge < -0.3 is 15.2 Å². The molecule has 0 bridgehead atoms. The third kappa shape index (κ3) is 4.39. The van der Waals surface area contributed by atoms with Crippen LogP contribution in [0.1, 0.15) is 12.5 Å². The Bertz CT molecular complexity index is 331. The molecule has 1 aromatic rings. The predicted octanol–water partition coefficient (Wildman–Crippen LogP) is 2.46. The molecule has 0 saturated heterocycles. The molecule has 4 heteroatoms. The fourth-order valence-electron chi connectivity index (χ4n) is 1.30. The van der Waals surface area contributed by atoms with Crippen LogP contribution in [0.3, 0.4) is 0 Å². The molecular formula is C12H18ClNO2. The SMILES string of the molecule is CCOCC(O)CNc1ccc(C)cc1Cl. The second-order valence-corrected chi connectivity index (χ2v) is 4.08. The first-order chi connectivity index (χ1) is 7.63. The van der Waals surface area contributed by atoms with Gasteiger partial charge in [-0.2, -0.15) is 0 Å². The largest absolute Gasteiger partial charge is 0.389 e. The molecule has 0 saturated carbocycles. The Labute approximate surface area is 101 Å². The van der Waals surface area contributed by atoms with Crippen molar-refractivity contribution in [1.29, 1.82) is 0 Å². The number of anilines is 1. The maximum Gasteiger partial charge on any atom is 0.0945 e. The van der Waals surface area contributed by atoms with Crippen molar-refractivity contribution < 1.29 is 9.84 Å². The molecule has 0 aliphatic rings. The Balaban J connectivity index is 2.42. The third-order valence-electron chi connectivity index (χ3n) is 2.17. The van der Waals surface area contributed by atoms with Gasteiger partial charge in [0.1, 0.15) is 0 Å². The van der Waals surface area contributed by atoms with Gasteiger partial charge in [-0.3, -0.25) is 0 Å². The van der Waals surface area contributed by atoms with Gasteiger partial charge in [0, 0.05) is 13.2 Å². The van der Waals surface area contributed by atoms with Gasteiger partial charge >= 0.3 is 0 Å². The van der Waals surface area contributed by atoms with E-state index in [1.807, 2.05) is 32.0 Å². The van der Waals surface area contributed by atoms with Crippen LogP contribution in [-0.4, -0.2) is 31.0 Å². The van der Waals surface area contributed by atoms with Crippen molar-refractivity contribution in [3.63, 3.8) is 0 Å². The molecule has 0 spiro atoms. The van der Waals surface area contributed by atoms with Crippen LogP contribution in [0.5, 0.6) is 0 Å². The van der Waals surface area contributed by atoms with Crippen LogP contribution in [0.15, 0.2) is 18.2 Å². The molecule has 1 unspecified atom stereocenters. The summed E-state index contributed by atoms with van der Waals surface area (Å²) in [5, 5.41) is 13.3. The van der Waals surface area contributed by atoms with Crippen LogP contribution in [0.2, 0.25) is 5.02 Å². The van der Waals surface area contributed by atoms with Crippen molar-refractivity contribution in [1.82, 2.24) is 0 Å². The molecule has 2 N–H and O–H groups in total. The maximum absolute atomic E-state index is 9.56. The van der Waals surface area contributed by atoms with Gasteiger partial charge in [-0.1, -0.05) is 17.7 Å². The van der Waals surface area contributed by atoms with Crippen molar-refractivity contribution in [2.75, 3.05) is 25.1 Å². The molecule has 0 heterocycles. The molecule has 1 rings (SSSR count). The van der Waals surface area contributed by atoms with E-state index in [4.69, 9.17) is 16.3 Å². The highest BCUT2D eigenvalue weighted by Gasteiger charge is 2.05. The molecule has 0 aliphatic carbocycles. The lowest BCUT2D eigenvalue weighted by Gasteiger charge is -2.13. The van der Waals surface area contributed by atoms with Gasteiger partial charge in [0.15, 0.2) is 0 Å². The molecule has 0 radical (unpaired) electrons. The number of halogens is 1. The summed E-state index contributed by atoms with van der Waals surface area (Å²) in [6.07, 6.45) is -0.516. The number of ether oxygens (including phenoxy) is 1. The maximum atomic E-state index is 9.56. The molecule has 0 aromatic heterocycles. The van der Waals surface area contributed by atoms with E-state index in [9.17, 15) is 5.11 Å². The molecule has 16 heavy (non-hydrogen) atoms. The van der Waals surface area contributed by atoms with Crippen LogP contribution >= 0.6 is 11.6 Å². The van der Waals surface area contributed by atoms with Gasteiger partial charge in [0.2, 0.25) is 0 Å². The summed E-state index contributed by atoms with van der Waals surface area (Å²) in [4.78, 5) is 0. The summed E-state index contributed by atoms with van der Waals surface area (Å²) >= 11 is 6.04. The molecule has 0 aliphatic heterocycles. The lowest BCUT2D eigenvalue weighted by atomic mass is 10.2. The fourth-order valence-corrected chi connectivity index (χ4v) is 1.61. The summed E-state index contributed by atoms with van der Waals surface area (Å²) in [5.74, 6) is 0. The average molecular weight is 244 g/mol. The zero-order valence-corrected chi connectivity index (χ0v) is 10.4. The van der Waals surface area contributed by atoms with Gasteiger partial charge in [-0.25, -0.2) is 0 Å². The highest BCUT2D eigenvalue weighted by Crippen LogP contribution is 2.22. The highest BCUT2D eigenvalue weighted by atomic mass is 35.5. The Hall–Kier alpha value is -0.770. The first kappa shape index (κ1) is 13.3. The Kier molecular flexibility index (Phi) is 5.60.